The van der Waals surface area contributed by atoms with Crippen molar-refractivity contribution in [2.45, 2.75) is 25.4 Å². The molecule has 1 unspecified atom stereocenters. The Hall–Kier alpha value is -1.26. The fraction of sp³-hybridized carbons (Fsp3) is 0.500. The van der Waals surface area contributed by atoms with Crippen molar-refractivity contribution in [3.63, 3.8) is 0 Å². The van der Waals surface area contributed by atoms with Crippen LogP contribution in [0, 0.1) is 0 Å². The molecule has 1 aromatic carbocycles. The van der Waals surface area contributed by atoms with Crippen LogP contribution >= 0.6 is 11.6 Å². The second-order valence-corrected chi connectivity index (χ2v) is 5.63. The third-order valence-corrected chi connectivity index (χ3v) is 3.98. The van der Waals surface area contributed by atoms with Gasteiger partial charge in [-0.05, 0) is 38.0 Å². The molecular weight excluding hydrogens is 264 g/mol. The van der Waals surface area contributed by atoms with Crippen molar-refractivity contribution in [3.8, 4) is 0 Å². The summed E-state index contributed by atoms with van der Waals surface area (Å²) in [5, 5.41) is 0.398. The molecule has 19 heavy (non-hydrogen) atoms. The minimum Gasteiger partial charge on any atom is -0.399 e. The number of piperidine rings is 1. The largest absolute Gasteiger partial charge is 0.399 e. The highest BCUT2D eigenvalue weighted by molar-refractivity contribution is 6.34. The molecule has 4 nitrogen and oxygen atoms in total. The number of likely N-dealkylation sites (tertiary alicyclic amines) is 1. The van der Waals surface area contributed by atoms with E-state index in [1.165, 1.54) is 0 Å². The molecule has 104 valence electrons. The molecule has 0 aliphatic carbocycles. The lowest BCUT2D eigenvalue weighted by Gasteiger charge is -2.39. The van der Waals surface area contributed by atoms with E-state index >= 15 is 0 Å². The minimum absolute atomic E-state index is 0.0621. The molecule has 5 heteroatoms. The number of carbonyl (C=O) groups excluding carboxylic acids is 1. The summed E-state index contributed by atoms with van der Waals surface area (Å²) in [7, 11) is 1.68. The molecule has 2 rings (SSSR count). The van der Waals surface area contributed by atoms with Gasteiger partial charge in [0.15, 0.2) is 0 Å². The van der Waals surface area contributed by atoms with Crippen LogP contribution in [-0.2, 0) is 4.74 Å². The van der Waals surface area contributed by atoms with E-state index in [-0.39, 0.29) is 11.5 Å². The average Bonchev–Trinajstić information content (AvgIpc) is 2.38. The lowest BCUT2D eigenvalue weighted by Crippen LogP contribution is -2.49. The van der Waals surface area contributed by atoms with Crippen LogP contribution in [0.5, 0.6) is 0 Å². The van der Waals surface area contributed by atoms with Gasteiger partial charge in [0.2, 0.25) is 0 Å². The Morgan fingerprint density at radius 1 is 1.53 bits per heavy atom. The molecule has 1 fully saturated rings. The summed E-state index contributed by atoms with van der Waals surface area (Å²) >= 11 is 6.09. The fourth-order valence-electron chi connectivity index (χ4n) is 2.42. The van der Waals surface area contributed by atoms with E-state index in [0.29, 0.717) is 22.8 Å². The molecule has 1 amide bonds. The van der Waals surface area contributed by atoms with Crippen LogP contribution in [0.3, 0.4) is 0 Å². The summed E-state index contributed by atoms with van der Waals surface area (Å²) in [6.07, 6.45) is 1.89. The molecule has 0 aromatic heterocycles. The summed E-state index contributed by atoms with van der Waals surface area (Å²) < 4.78 is 5.50. The van der Waals surface area contributed by atoms with Gasteiger partial charge in [0.25, 0.3) is 5.91 Å². The maximum absolute atomic E-state index is 12.5. The molecule has 1 aromatic rings. The first kappa shape index (κ1) is 14.2. The van der Waals surface area contributed by atoms with Gasteiger partial charge in [0.05, 0.1) is 16.2 Å². The van der Waals surface area contributed by atoms with Crippen molar-refractivity contribution in [1.82, 2.24) is 4.90 Å². The standard InChI is InChI=1S/C14H19ClN2O2/c1-14(19-2)6-3-7-17(9-14)13(18)11-5-4-10(16)8-12(11)15/h4-5,8H,3,6-7,9,16H2,1-2H3. The van der Waals surface area contributed by atoms with Crippen LogP contribution in [-0.4, -0.2) is 36.6 Å². The highest BCUT2D eigenvalue weighted by Gasteiger charge is 2.33. The molecule has 1 atom stereocenters. The Labute approximate surface area is 118 Å². The van der Waals surface area contributed by atoms with E-state index < -0.39 is 0 Å². The summed E-state index contributed by atoms with van der Waals surface area (Å²) in [4.78, 5) is 14.3. The highest BCUT2D eigenvalue weighted by Crippen LogP contribution is 2.27. The zero-order chi connectivity index (χ0) is 14.0. The number of hydrogen-bond donors (Lipinski definition) is 1. The molecule has 2 N–H and O–H groups in total. The molecule has 1 aliphatic rings. The predicted octanol–water partition coefficient (Wildman–Crippen LogP) is 2.56. The second kappa shape index (κ2) is 5.39. The molecule has 1 saturated heterocycles. The SMILES string of the molecule is COC1(C)CCCN(C(=O)c2ccc(N)cc2Cl)C1. The van der Waals surface area contributed by atoms with Gasteiger partial charge < -0.3 is 15.4 Å². The van der Waals surface area contributed by atoms with Crippen LogP contribution in [0.1, 0.15) is 30.1 Å². The van der Waals surface area contributed by atoms with Gasteiger partial charge in [0.1, 0.15) is 0 Å². The number of amides is 1. The van der Waals surface area contributed by atoms with Crippen molar-refractivity contribution in [2.24, 2.45) is 0 Å². The number of ether oxygens (including phenoxy) is 1. The van der Waals surface area contributed by atoms with Crippen LogP contribution in [0.4, 0.5) is 5.69 Å². The van der Waals surface area contributed by atoms with Crippen LogP contribution in [0.15, 0.2) is 18.2 Å². The fourth-order valence-corrected chi connectivity index (χ4v) is 2.69. The number of halogens is 1. The maximum atomic E-state index is 12.5. The number of hydrogen-bond acceptors (Lipinski definition) is 3. The molecule has 0 saturated carbocycles. The summed E-state index contributed by atoms with van der Waals surface area (Å²) in [5.74, 6) is -0.0621. The number of anilines is 1. The quantitative estimate of drug-likeness (QED) is 0.848. The molecule has 0 bridgehead atoms. The normalized spacial score (nSPS) is 23.4. The third kappa shape index (κ3) is 3.01. The second-order valence-electron chi connectivity index (χ2n) is 5.22. The zero-order valence-corrected chi connectivity index (χ0v) is 12.0. The van der Waals surface area contributed by atoms with Crippen LogP contribution in [0.25, 0.3) is 0 Å². The van der Waals surface area contributed by atoms with Crippen LogP contribution in [0.2, 0.25) is 5.02 Å². The first-order chi connectivity index (χ1) is 8.95. The van der Waals surface area contributed by atoms with E-state index in [2.05, 4.69) is 0 Å². The highest BCUT2D eigenvalue weighted by atomic mass is 35.5. The number of nitrogen functional groups attached to an aromatic ring is 1. The van der Waals surface area contributed by atoms with Crippen molar-refractivity contribution < 1.29 is 9.53 Å². The first-order valence-electron chi connectivity index (χ1n) is 6.35. The minimum atomic E-state index is -0.270. The lowest BCUT2D eigenvalue weighted by molar-refractivity contribution is -0.0440. The maximum Gasteiger partial charge on any atom is 0.255 e. The Morgan fingerprint density at radius 3 is 2.89 bits per heavy atom. The van der Waals surface area contributed by atoms with E-state index in [1.54, 1.807) is 30.2 Å². The Bertz CT molecular complexity index is 492. The molecule has 1 aliphatic heterocycles. The van der Waals surface area contributed by atoms with Gasteiger partial charge in [0, 0.05) is 25.9 Å². The van der Waals surface area contributed by atoms with E-state index in [0.717, 1.165) is 19.4 Å². The topological polar surface area (TPSA) is 55.6 Å². The van der Waals surface area contributed by atoms with E-state index in [9.17, 15) is 4.79 Å². The lowest BCUT2D eigenvalue weighted by atomic mass is 9.94. The van der Waals surface area contributed by atoms with Crippen molar-refractivity contribution in [3.05, 3.63) is 28.8 Å². The smallest absolute Gasteiger partial charge is 0.255 e. The number of benzene rings is 1. The molecule has 0 spiro atoms. The zero-order valence-electron chi connectivity index (χ0n) is 11.3. The van der Waals surface area contributed by atoms with Crippen molar-refractivity contribution in [2.75, 3.05) is 25.9 Å². The number of nitrogens with two attached hydrogens (primary N) is 1. The van der Waals surface area contributed by atoms with E-state index in [4.69, 9.17) is 22.1 Å². The Morgan fingerprint density at radius 2 is 2.26 bits per heavy atom. The molecular formula is C14H19ClN2O2. The monoisotopic (exact) mass is 282 g/mol. The van der Waals surface area contributed by atoms with Gasteiger partial charge >= 0.3 is 0 Å². The van der Waals surface area contributed by atoms with Gasteiger partial charge in [-0.15, -0.1) is 0 Å². The molecule has 0 radical (unpaired) electrons. The van der Waals surface area contributed by atoms with Gasteiger partial charge in [-0.3, -0.25) is 4.79 Å². The summed E-state index contributed by atoms with van der Waals surface area (Å²) in [6.45, 7) is 3.35. The third-order valence-electron chi connectivity index (χ3n) is 3.66. The van der Waals surface area contributed by atoms with Crippen molar-refractivity contribution in [1.29, 1.82) is 0 Å². The number of carbonyl (C=O) groups is 1. The van der Waals surface area contributed by atoms with Crippen molar-refractivity contribution >= 4 is 23.2 Å². The van der Waals surface area contributed by atoms with Crippen LogP contribution < -0.4 is 5.73 Å². The summed E-state index contributed by atoms with van der Waals surface area (Å²) in [6, 6.07) is 4.98. The predicted molar refractivity (Wildman–Crippen MR) is 76.4 cm³/mol. The Kier molecular flexibility index (Phi) is 4.02. The Balaban J connectivity index is 2.19. The van der Waals surface area contributed by atoms with Gasteiger partial charge in [-0.25, -0.2) is 0 Å². The number of methoxy groups -OCH3 is 1. The average molecular weight is 283 g/mol. The first-order valence-corrected chi connectivity index (χ1v) is 6.72. The number of nitrogens with zero attached hydrogens (tertiary/aromatic N) is 1. The van der Waals surface area contributed by atoms with E-state index in [1.807, 2.05) is 6.92 Å². The number of rotatable bonds is 2. The van der Waals surface area contributed by atoms with Gasteiger partial charge in [-0.2, -0.15) is 0 Å². The molecule has 1 heterocycles. The summed E-state index contributed by atoms with van der Waals surface area (Å²) in [5.41, 5.74) is 6.43. The van der Waals surface area contributed by atoms with Gasteiger partial charge in [-0.1, -0.05) is 11.6 Å².